The van der Waals surface area contributed by atoms with E-state index in [0.717, 1.165) is 0 Å². The quantitative estimate of drug-likeness (QED) is 0.455. The van der Waals surface area contributed by atoms with Crippen LogP contribution in [0.1, 0.15) is 0 Å². The largest absolute Gasteiger partial charge is 0.236 e. The van der Waals surface area contributed by atoms with E-state index in [2.05, 4.69) is 16.9 Å². The molecule has 1 rings (SSSR count). The summed E-state index contributed by atoms with van der Waals surface area (Å²) in [6.45, 7) is 3.48. The number of nitrogens with zero attached hydrogens (tertiary/aromatic N) is 2. The Balaban J connectivity index is 2.61. The van der Waals surface area contributed by atoms with Crippen molar-refractivity contribution in [2.24, 2.45) is 4.99 Å². The average molecular weight is 93.1 g/mol. The van der Waals surface area contributed by atoms with Crippen molar-refractivity contribution in [2.45, 2.75) is 0 Å². The minimum absolute atomic E-state index is 0.694. The summed E-state index contributed by atoms with van der Waals surface area (Å²) >= 11 is 0. The summed E-state index contributed by atoms with van der Waals surface area (Å²) in [7, 11) is 0. The molecule has 2 heteroatoms. The van der Waals surface area contributed by atoms with Gasteiger partial charge in [-0.15, -0.1) is 0 Å². The van der Waals surface area contributed by atoms with Gasteiger partial charge in [0.1, 0.15) is 0 Å². The Kier molecular flexibility index (Phi) is 0.941. The third kappa shape index (κ3) is 0.682. The Labute approximate surface area is 42.3 Å². The first-order valence-electron chi connectivity index (χ1n) is 1.99. The Hall–Kier alpha value is -1.05. The molecule has 0 saturated carbocycles. The van der Waals surface area contributed by atoms with Crippen molar-refractivity contribution in [3.05, 3.63) is 25.1 Å². The van der Waals surface area contributed by atoms with Gasteiger partial charge in [0.05, 0.1) is 0 Å². The molecule has 1 heterocycles. The second kappa shape index (κ2) is 1.60. The molecule has 0 aromatic heterocycles. The van der Waals surface area contributed by atoms with Gasteiger partial charge in [-0.1, -0.05) is 6.58 Å². The van der Waals surface area contributed by atoms with E-state index in [1.165, 1.54) is 0 Å². The molecule has 0 atom stereocenters. The van der Waals surface area contributed by atoms with Crippen molar-refractivity contribution in [2.75, 3.05) is 0 Å². The average Bonchev–Trinajstić information content (AvgIpc) is 2.14. The predicted molar refractivity (Wildman–Crippen MR) is 28.9 cm³/mol. The summed E-state index contributed by atoms with van der Waals surface area (Å²) < 4.78 is 0. The molecule has 1 aliphatic heterocycles. The molecule has 0 saturated heterocycles. The van der Waals surface area contributed by atoms with Crippen LogP contribution in [0, 0.1) is 0 Å². The fourth-order valence-electron chi connectivity index (χ4n) is 0.358. The lowest BCUT2D eigenvalue weighted by Crippen LogP contribution is -1.99. The van der Waals surface area contributed by atoms with E-state index < -0.39 is 0 Å². The molecule has 7 heavy (non-hydrogen) atoms. The molecule has 0 amide bonds. The van der Waals surface area contributed by atoms with E-state index >= 15 is 0 Å². The smallest absolute Gasteiger partial charge is 0.151 e. The predicted octanol–water partition coefficient (Wildman–Crippen LogP) is 0.660. The second-order valence-electron chi connectivity index (χ2n) is 1.12. The van der Waals surface area contributed by atoms with Crippen molar-refractivity contribution in [3.8, 4) is 0 Å². The molecular formula is C5H5N2. The molecule has 1 aliphatic rings. The Morgan fingerprint density at radius 2 is 2.43 bits per heavy atom. The van der Waals surface area contributed by atoms with Crippen LogP contribution in [0.25, 0.3) is 0 Å². The monoisotopic (exact) mass is 93.0 g/mol. The molecule has 0 aromatic rings. The first-order chi connectivity index (χ1) is 3.43. The summed E-state index contributed by atoms with van der Waals surface area (Å²) in [5.41, 5.74) is 0. The first-order valence-corrected chi connectivity index (χ1v) is 1.99. The molecule has 0 spiro atoms. The van der Waals surface area contributed by atoms with E-state index in [4.69, 9.17) is 0 Å². The van der Waals surface area contributed by atoms with Gasteiger partial charge in [0, 0.05) is 12.4 Å². The van der Waals surface area contributed by atoms with Crippen LogP contribution in [0.2, 0.25) is 0 Å². The van der Waals surface area contributed by atoms with E-state index in [9.17, 15) is 0 Å². The number of hydrogen-bond acceptors (Lipinski definition) is 1. The zero-order valence-electron chi connectivity index (χ0n) is 3.83. The number of hydrogen-bond donors (Lipinski definition) is 0. The van der Waals surface area contributed by atoms with Crippen molar-refractivity contribution < 1.29 is 0 Å². The minimum atomic E-state index is 0.694. The molecule has 2 nitrogen and oxygen atoms in total. The molecule has 0 fully saturated rings. The minimum Gasteiger partial charge on any atom is -0.236 e. The van der Waals surface area contributed by atoms with Crippen LogP contribution in [0.3, 0.4) is 0 Å². The van der Waals surface area contributed by atoms with Crippen LogP contribution in [0.5, 0.6) is 0 Å². The molecule has 0 aromatic carbocycles. The standard InChI is InChI=1S/C5H5N2/c1-2-5-6-3-4-7-5/h2-4H,1H2. The number of amidine groups is 1. The highest BCUT2D eigenvalue weighted by Gasteiger charge is 1.91. The second-order valence-corrected chi connectivity index (χ2v) is 1.12. The highest BCUT2D eigenvalue weighted by Crippen LogP contribution is 1.87. The van der Waals surface area contributed by atoms with Crippen LogP contribution in [-0.4, -0.2) is 5.84 Å². The highest BCUT2D eigenvalue weighted by atomic mass is 15.0. The third-order valence-electron chi connectivity index (χ3n) is 0.663. The van der Waals surface area contributed by atoms with Gasteiger partial charge in [0.25, 0.3) is 0 Å². The molecule has 1 radical (unpaired) electrons. The summed E-state index contributed by atoms with van der Waals surface area (Å²) in [6.07, 6.45) is 4.88. The highest BCUT2D eigenvalue weighted by molar-refractivity contribution is 5.94. The molecular weight excluding hydrogens is 88.1 g/mol. The fourth-order valence-corrected chi connectivity index (χ4v) is 0.358. The third-order valence-corrected chi connectivity index (χ3v) is 0.663. The normalized spacial score (nSPS) is 15.7. The summed E-state index contributed by atoms with van der Waals surface area (Å²) in [6, 6.07) is 0. The Morgan fingerprint density at radius 1 is 1.57 bits per heavy atom. The van der Waals surface area contributed by atoms with E-state index in [0.29, 0.717) is 5.84 Å². The van der Waals surface area contributed by atoms with Gasteiger partial charge in [0.15, 0.2) is 5.84 Å². The number of aliphatic imine (C=N–C) groups is 1. The van der Waals surface area contributed by atoms with Gasteiger partial charge < -0.3 is 0 Å². The maximum absolute atomic E-state index is 3.81. The van der Waals surface area contributed by atoms with Crippen LogP contribution in [0.15, 0.2) is 30.0 Å². The maximum atomic E-state index is 3.81. The number of rotatable bonds is 1. The van der Waals surface area contributed by atoms with Gasteiger partial charge in [0.2, 0.25) is 0 Å². The zero-order valence-corrected chi connectivity index (χ0v) is 3.83. The molecule has 0 unspecified atom stereocenters. The van der Waals surface area contributed by atoms with Crippen LogP contribution >= 0.6 is 0 Å². The van der Waals surface area contributed by atoms with Gasteiger partial charge >= 0.3 is 0 Å². The lowest BCUT2D eigenvalue weighted by atomic mass is 10.6. The van der Waals surface area contributed by atoms with Crippen LogP contribution in [0.4, 0.5) is 0 Å². The topological polar surface area (TPSA) is 26.5 Å². The summed E-state index contributed by atoms with van der Waals surface area (Å²) in [5, 5.41) is 3.81. The summed E-state index contributed by atoms with van der Waals surface area (Å²) in [5.74, 6) is 0.694. The maximum Gasteiger partial charge on any atom is 0.151 e. The van der Waals surface area contributed by atoms with Crippen LogP contribution < -0.4 is 5.32 Å². The van der Waals surface area contributed by atoms with E-state index in [1.807, 2.05) is 0 Å². The van der Waals surface area contributed by atoms with Crippen molar-refractivity contribution >= 4 is 5.84 Å². The first kappa shape index (κ1) is 4.12. The van der Waals surface area contributed by atoms with Gasteiger partial charge in [-0.3, -0.25) is 0 Å². The van der Waals surface area contributed by atoms with Gasteiger partial charge in [-0.05, 0) is 6.08 Å². The SMILES string of the molecule is C=CC1=NC=C[N]1. The molecule has 35 valence electrons. The summed E-state index contributed by atoms with van der Waals surface area (Å²) in [4.78, 5) is 3.81. The molecule has 0 aliphatic carbocycles. The molecule has 0 bridgehead atoms. The van der Waals surface area contributed by atoms with Crippen LogP contribution in [-0.2, 0) is 0 Å². The zero-order chi connectivity index (χ0) is 5.11. The van der Waals surface area contributed by atoms with Crippen molar-refractivity contribution in [1.82, 2.24) is 5.32 Å². The Bertz CT molecular complexity index is 133. The lowest BCUT2D eigenvalue weighted by Gasteiger charge is -1.81. The van der Waals surface area contributed by atoms with Gasteiger partial charge in [-0.2, -0.15) is 0 Å². The fraction of sp³-hybridized carbons (Fsp3) is 0. The van der Waals surface area contributed by atoms with Crippen molar-refractivity contribution in [1.29, 1.82) is 0 Å². The van der Waals surface area contributed by atoms with Crippen molar-refractivity contribution in [3.63, 3.8) is 0 Å². The van der Waals surface area contributed by atoms with E-state index in [1.54, 1.807) is 18.5 Å². The lowest BCUT2D eigenvalue weighted by molar-refractivity contribution is 1.31. The van der Waals surface area contributed by atoms with E-state index in [-0.39, 0.29) is 0 Å². The Morgan fingerprint density at radius 3 is 2.71 bits per heavy atom. The van der Waals surface area contributed by atoms with Gasteiger partial charge in [-0.25, -0.2) is 10.3 Å². The molecule has 0 N–H and O–H groups in total.